The van der Waals surface area contributed by atoms with Gasteiger partial charge in [-0.3, -0.25) is 4.79 Å². The molecule has 2 heterocycles. The number of aromatic nitrogens is 2. The third-order valence-corrected chi connectivity index (χ3v) is 3.47. The van der Waals surface area contributed by atoms with Crippen LogP contribution in [0.1, 0.15) is 10.4 Å². The smallest absolute Gasteiger partial charge is 0.258 e. The monoisotopic (exact) mass is 343 g/mol. The van der Waals surface area contributed by atoms with Crippen LogP contribution >= 0.6 is 15.9 Å². The van der Waals surface area contributed by atoms with Crippen molar-refractivity contribution in [2.45, 2.75) is 0 Å². The SMILES string of the molecule is O=C(Nc1cccc(-c2cnco2)c1)c1cccnc1Br. The lowest BCUT2D eigenvalue weighted by Gasteiger charge is -2.07. The molecule has 0 aliphatic carbocycles. The Morgan fingerprint density at radius 1 is 1.24 bits per heavy atom. The van der Waals surface area contributed by atoms with E-state index in [4.69, 9.17) is 4.42 Å². The first-order chi connectivity index (χ1) is 10.2. The fraction of sp³-hybridized carbons (Fsp3) is 0. The van der Waals surface area contributed by atoms with Crippen LogP contribution in [-0.2, 0) is 0 Å². The van der Waals surface area contributed by atoms with Gasteiger partial charge in [0.1, 0.15) is 4.60 Å². The van der Waals surface area contributed by atoms with Gasteiger partial charge < -0.3 is 9.73 Å². The summed E-state index contributed by atoms with van der Waals surface area (Å²) >= 11 is 3.26. The molecule has 0 aliphatic rings. The van der Waals surface area contributed by atoms with E-state index in [1.54, 1.807) is 24.5 Å². The van der Waals surface area contributed by atoms with Gasteiger partial charge in [-0.1, -0.05) is 12.1 Å². The molecule has 1 amide bonds. The summed E-state index contributed by atoms with van der Waals surface area (Å²) < 4.78 is 5.75. The number of hydrogen-bond donors (Lipinski definition) is 1. The first-order valence-electron chi connectivity index (χ1n) is 6.15. The van der Waals surface area contributed by atoms with Crippen molar-refractivity contribution in [2.75, 3.05) is 5.32 Å². The predicted octanol–water partition coefficient (Wildman–Crippen LogP) is 3.75. The van der Waals surface area contributed by atoms with Crippen molar-refractivity contribution >= 4 is 27.5 Å². The molecule has 5 nitrogen and oxygen atoms in total. The van der Waals surface area contributed by atoms with Gasteiger partial charge in [0.2, 0.25) is 0 Å². The first kappa shape index (κ1) is 13.5. The van der Waals surface area contributed by atoms with E-state index in [0.29, 0.717) is 21.6 Å². The topological polar surface area (TPSA) is 68.0 Å². The number of carbonyl (C=O) groups excluding carboxylic acids is 1. The van der Waals surface area contributed by atoms with E-state index in [1.165, 1.54) is 6.39 Å². The summed E-state index contributed by atoms with van der Waals surface area (Å²) in [6.07, 6.45) is 4.61. The van der Waals surface area contributed by atoms with Gasteiger partial charge in [0, 0.05) is 17.4 Å². The van der Waals surface area contributed by atoms with Crippen molar-refractivity contribution in [2.24, 2.45) is 0 Å². The molecule has 3 aromatic rings. The number of nitrogens with zero attached hydrogens (tertiary/aromatic N) is 2. The summed E-state index contributed by atoms with van der Waals surface area (Å²) in [5, 5.41) is 2.83. The fourth-order valence-corrected chi connectivity index (χ4v) is 2.29. The summed E-state index contributed by atoms with van der Waals surface area (Å²) in [6, 6.07) is 10.8. The lowest BCUT2D eigenvalue weighted by molar-refractivity contribution is 0.102. The molecule has 3 rings (SSSR count). The van der Waals surface area contributed by atoms with E-state index < -0.39 is 0 Å². The lowest BCUT2D eigenvalue weighted by atomic mass is 10.1. The van der Waals surface area contributed by atoms with Gasteiger partial charge >= 0.3 is 0 Å². The molecule has 1 aromatic carbocycles. The Bertz CT molecular complexity index is 772. The van der Waals surface area contributed by atoms with Gasteiger partial charge in [0.05, 0.1) is 11.8 Å². The zero-order valence-electron chi connectivity index (χ0n) is 10.8. The maximum Gasteiger partial charge on any atom is 0.258 e. The van der Waals surface area contributed by atoms with Crippen LogP contribution in [0.2, 0.25) is 0 Å². The first-order valence-corrected chi connectivity index (χ1v) is 6.94. The van der Waals surface area contributed by atoms with Crippen LogP contribution in [0.4, 0.5) is 5.69 Å². The molecule has 0 saturated heterocycles. The Labute approximate surface area is 129 Å². The van der Waals surface area contributed by atoms with Crippen molar-refractivity contribution in [1.82, 2.24) is 9.97 Å². The van der Waals surface area contributed by atoms with E-state index in [1.807, 2.05) is 24.3 Å². The van der Waals surface area contributed by atoms with E-state index in [2.05, 4.69) is 31.2 Å². The highest BCUT2D eigenvalue weighted by atomic mass is 79.9. The average Bonchev–Trinajstić information content (AvgIpc) is 3.02. The summed E-state index contributed by atoms with van der Waals surface area (Å²) in [7, 11) is 0. The van der Waals surface area contributed by atoms with Gasteiger partial charge in [-0.15, -0.1) is 0 Å². The average molecular weight is 344 g/mol. The highest BCUT2D eigenvalue weighted by molar-refractivity contribution is 9.10. The molecule has 0 bridgehead atoms. The second-order valence-electron chi connectivity index (χ2n) is 4.24. The van der Waals surface area contributed by atoms with Crippen LogP contribution in [-0.4, -0.2) is 15.9 Å². The molecule has 2 aromatic heterocycles. The van der Waals surface area contributed by atoms with Gasteiger partial charge in [-0.25, -0.2) is 9.97 Å². The minimum atomic E-state index is -0.232. The standard InChI is InChI=1S/C15H10BrN3O2/c16-14-12(5-2-6-18-14)15(20)19-11-4-1-3-10(7-11)13-8-17-9-21-13/h1-9H,(H,19,20). The highest BCUT2D eigenvalue weighted by Gasteiger charge is 2.11. The lowest BCUT2D eigenvalue weighted by Crippen LogP contribution is -2.12. The Morgan fingerprint density at radius 2 is 2.14 bits per heavy atom. The number of oxazole rings is 1. The summed E-state index contributed by atoms with van der Waals surface area (Å²) in [5.74, 6) is 0.415. The zero-order valence-corrected chi connectivity index (χ0v) is 12.4. The fourth-order valence-electron chi connectivity index (χ4n) is 1.86. The molecule has 0 radical (unpaired) electrons. The van der Waals surface area contributed by atoms with Crippen LogP contribution in [0.25, 0.3) is 11.3 Å². The second-order valence-corrected chi connectivity index (χ2v) is 4.99. The molecule has 0 saturated carbocycles. The molecule has 0 atom stereocenters. The number of pyridine rings is 1. The molecule has 6 heteroatoms. The number of carbonyl (C=O) groups is 1. The van der Waals surface area contributed by atoms with Crippen molar-refractivity contribution in [3.05, 3.63) is 65.4 Å². The van der Waals surface area contributed by atoms with E-state index >= 15 is 0 Å². The van der Waals surface area contributed by atoms with E-state index in [0.717, 1.165) is 5.56 Å². The summed E-state index contributed by atoms with van der Waals surface area (Å²) in [5.41, 5.74) is 1.99. The van der Waals surface area contributed by atoms with Gasteiger partial charge in [-0.05, 0) is 40.2 Å². The largest absolute Gasteiger partial charge is 0.444 e. The number of halogens is 1. The van der Waals surface area contributed by atoms with E-state index in [-0.39, 0.29) is 5.91 Å². The third-order valence-electron chi connectivity index (χ3n) is 2.84. The van der Waals surface area contributed by atoms with Gasteiger partial charge in [-0.2, -0.15) is 0 Å². The summed E-state index contributed by atoms with van der Waals surface area (Å²) in [6.45, 7) is 0. The Kier molecular flexibility index (Phi) is 3.79. The van der Waals surface area contributed by atoms with Crippen LogP contribution < -0.4 is 5.32 Å². The molecule has 21 heavy (non-hydrogen) atoms. The molecule has 1 N–H and O–H groups in total. The maximum absolute atomic E-state index is 12.2. The summed E-state index contributed by atoms with van der Waals surface area (Å²) in [4.78, 5) is 20.1. The number of hydrogen-bond acceptors (Lipinski definition) is 4. The minimum Gasteiger partial charge on any atom is -0.444 e. The van der Waals surface area contributed by atoms with Crippen LogP contribution in [0.15, 0.2) is 64.2 Å². The predicted molar refractivity (Wildman–Crippen MR) is 81.8 cm³/mol. The van der Waals surface area contributed by atoms with Gasteiger partial charge in [0.15, 0.2) is 12.2 Å². The van der Waals surface area contributed by atoms with Crippen LogP contribution in [0.5, 0.6) is 0 Å². The molecule has 104 valence electrons. The highest BCUT2D eigenvalue weighted by Crippen LogP contribution is 2.23. The Balaban J connectivity index is 1.84. The van der Waals surface area contributed by atoms with Gasteiger partial charge in [0.25, 0.3) is 5.91 Å². The van der Waals surface area contributed by atoms with Crippen molar-refractivity contribution in [3.8, 4) is 11.3 Å². The molecule has 0 fully saturated rings. The van der Waals surface area contributed by atoms with Crippen molar-refractivity contribution in [3.63, 3.8) is 0 Å². The second kappa shape index (κ2) is 5.88. The minimum absolute atomic E-state index is 0.232. The molecular formula is C15H10BrN3O2. The normalized spacial score (nSPS) is 10.3. The van der Waals surface area contributed by atoms with Crippen LogP contribution in [0.3, 0.4) is 0 Å². The zero-order chi connectivity index (χ0) is 14.7. The van der Waals surface area contributed by atoms with Crippen molar-refractivity contribution in [1.29, 1.82) is 0 Å². The maximum atomic E-state index is 12.2. The Morgan fingerprint density at radius 3 is 2.90 bits per heavy atom. The Hall–Kier alpha value is -2.47. The number of anilines is 1. The number of amides is 1. The molecule has 0 aliphatic heterocycles. The quantitative estimate of drug-likeness (QED) is 0.735. The van der Waals surface area contributed by atoms with Crippen LogP contribution in [0, 0.1) is 0 Å². The number of benzene rings is 1. The molecule has 0 unspecified atom stereocenters. The number of nitrogens with one attached hydrogen (secondary N) is 1. The van der Waals surface area contributed by atoms with E-state index in [9.17, 15) is 4.79 Å². The molecular weight excluding hydrogens is 334 g/mol. The van der Waals surface area contributed by atoms with Crippen molar-refractivity contribution < 1.29 is 9.21 Å². The molecule has 0 spiro atoms. The third kappa shape index (κ3) is 3.00. The number of rotatable bonds is 3.